The minimum atomic E-state index is -5.07. The predicted molar refractivity (Wildman–Crippen MR) is 136 cm³/mol. The number of urea groups is 1. The molecule has 3 aromatic carbocycles. The Morgan fingerprint density at radius 2 is 1.25 bits per heavy atom. The van der Waals surface area contributed by atoms with Crippen LogP contribution in [0.15, 0.2) is 66.7 Å². The number of benzene rings is 3. The van der Waals surface area contributed by atoms with Crippen molar-refractivity contribution < 1.29 is 41.0 Å². The number of rotatable bonds is 6. The van der Waals surface area contributed by atoms with Crippen molar-refractivity contribution in [3.8, 4) is 0 Å². The molecule has 0 radical (unpaired) electrons. The fraction of sp³-hybridized carbons (Fsp3) is 0.310. The topological polar surface area (TPSA) is 78.4 Å². The largest absolute Gasteiger partial charge is 0.478 e. The molecule has 0 spiro atoms. The Morgan fingerprint density at radius 3 is 1.73 bits per heavy atom. The van der Waals surface area contributed by atoms with Crippen LogP contribution in [0.2, 0.25) is 0 Å². The van der Waals surface area contributed by atoms with Crippen LogP contribution in [-0.4, -0.2) is 17.1 Å². The molecule has 1 fully saturated rings. The molecular formula is C29H26F6N2O3. The number of carboxylic acids is 1. The third-order valence-corrected chi connectivity index (χ3v) is 6.96. The summed E-state index contributed by atoms with van der Waals surface area (Å²) >= 11 is 0. The minimum Gasteiger partial charge on any atom is -0.478 e. The van der Waals surface area contributed by atoms with E-state index in [1.807, 2.05) is 12.1 Å². The van der Waals surface area contributed by atoms with E-state index in [0.717, 1.165) is 31.2 Å². The highest BCUT2D eigenvalue weighted by atomic mass is 19.4. The molecular weight excluding hydrogens is 538 g/mol. The molecule has 5 nitrogen and oxygen atoms in total. The Kier molecular flexibility index (Phi) is 8.41. The number of hydrogen-bond donors (Lipinski definition) is 3. The number of hydrogen-bond acceptors (Lipinski definition) is 2. The van der Waals surface area contributed by atoms with E-state index < -0.39 is 47.2 Å². The second kappa shape index (κ2) is 11.6. The zero-order valence-electron chi connectivity index (χ0n) is 21.1. The summed E-state index contributed by atoms with van der Waals surface area (Å²) in [6.07, 6.45) is -4.53. The summed E-state index contributed by atoms with van der Waals surface area (Å²) in [5.74, 6) is -0.744. The van der Waals surface area contributed by atoms with E-state index in [1.165, 1.54) is 30.7 Å². The molecule has 0 aliphatic heterocycles. The molecule has 3 aromatic rings. The summed E-state index contributed by atoms with van der Waals surface area (Å²) in [5.41, 5.74) is -1.61. The standard InChI is InChI=1S/C29H26F6N2O3/c30-28(31,32)22-14-23(29(33,34)35)16-24(15-22)36-27(40)37-25(20-10-12-21(13-11-20)26(38)39)19-8-6-18(7-9-19)17-4-2-1-3-5-17/h6-17,25H,1-5H2,(H,38,39)(H2,36,37,40). The van der Waals surface area contributed by atoms with Gasteiger partial charge in [0.1, 0.15) is 0 Å². The lowest BCUT2D eigenvalue weighted by atomic mass is 9.83. The van der Waals surface area contributed by atoms with E-state index in [2.05, 4.69) is 10.6 Å². The van der Waals surface area contributed by atoms with Crippen LogP contribution < -0.4 is 10.6 Å². The van der Waals surface area contributed by atoms with Gasteiger partial charge >= 0.3 is 24.4 Å². The van der Waals surface area contributed by atoms with Crippen molar-refractivity contribution in [1.82, 2.24) is 5.32 Å². The maximum absolute atomic E-state index is 13.2. The molecule has 11 heteroatoms. The number of carbonyl (C=O) groups is 2. The van der Waals surface area contributed by atoms with Crippen molar-refractivity contribution in [2.24, 2.45) is 0 Å². The van der Waals surface area contributed by atoms with Crippen LogP contribution in [0.3, 0.4) is 0 Å². The summed E-state index contributed by atoms with van der Waals surface area (Å²) in [4.78, 5) is 24.2. The zero-order chi connectivity index (χ0) is 29.1. The van der Waals surface area contributed by atoms with Crippen molar-refractivity contribution in [2.45, 2.75) is 56.4 Å². The fourth-order valence-electron chi connectivity index (χ4n) is 4.90. The molecule has 0 saturated heterocycles. The van der Waals surface area contributed by atoms with Gasteiger partial charge in [-0.25, -0.2) is 9.59 Å². The number of carboxylic acid groups (broad SMARTS) is 1. The van der Waals surface area contributed by atoms with Crippen molar-refractivity contribution in [1.29, 1.82) is 0 Å². The molecule has 1 unspecified atom stereocenters. The maximum Gasteiger partial charge on any atom is 0.416 e. The van der Waals surface area contributed by atoms with E-state index >= 15 is 0 Å². The first kappa shape index (κ1) is 29.0. The first-order valence-electron chi connectivity index (χ1n) is 12.6. The van der Waals surface area contributed by atoms with Gasteiger partial charge in [0.05, 0.1) is 22.7 Å². The van der Waals surface area contributed by atoms with Crippen molar-refractivity contribution in [3.63, 3.8) is 0 Å². The van der Waals surface area contributed by atoms with Crippen LogP contribution >= 0.6 is 0 Å². The minimum absolute atomic E-state index is 0.00300. The summed E-state index contributed by atoms with van der Waals surface area (Å²) in [7, 11) is 0. The summed E-state index contributed by atoms with van der Waals surface area (Å²) in [6.45, 7) is 0. The molecule has 212 valence electrons. The van der Waals surface area contributed by atoms with Gasteiger partial charge in [-0.05, 0) is 65.8 Å². The molecule has 1 aliphatic carbocycles. The zero-order valence-corrected chi connectivity index (χ0v) is 21.1. The van der Waals surface area contributed by atoms with Crippen molar-refractivity contribution >= 4 is 17.7 Å². The smallest absolute Gasteiger partial charge is 0.416 e. The Balaban J connectivity index is 1.62. The second-order valence-electron chi connectivity index (χ2n) is 9.75. The highest BCUT2D eigenvalue weighted by molar-refractivity contribution is 5.90. The molecule has 0 aromatic heterocycles. The van der Waals surface area contributed by atoms with E-state index in [4.69, 9.17) is 0 Å². The average Bonchev–Trinajstić information content (AvgIpc) is 2.91. The van der Waals surface area contributed by atoms with Crippen LogP contribution in [-0.2, 0) is 12.4 Å². The highest BCUT2D eigenvalue weighted by Gasteiger charge is 2.37. The first-order chi connectivity index (χ1) is 18.8. The maximum atomic E-state index is 13.2. The molecule has 1 aliphatic rings. The van der Waals surface area contributed by atoms with Gasteiger partial charge in [0.15, 0.2) is 0 Å². The Hall–Kier alpha value is -4.02. The van der Waals surface area contributed by atoms with Gasteiger partial charge in [-0.3, -0.25) is 0 Å². The van der Waals surface area contributed by atoms with E-state index in [9.17, 15) is 41.0 Å². The average molecular weight is 565 g/mol. The number of alkyl halides is 6. The van der Waals surface area contributed by atoms with Crippen LogP contribution in [0.4, 0.5) is 36.8 Å². The number of anilines is 1. The van der Waals surface area contributed by atoms with Crippen LogP contribution in [0.5, 0.6) is 0 Å². The lowest BCUT2D eigenvalue weighted by Gasteiger charge is -2.24. The van der Waals surface area contributed by atoms with Crippen LogP contribution in [0.25, 0.3) is 0 Å². The predicted octanol–water partition coefficient (Wildman–Crippen LogP) is 8.38. The van der Waals surface area contributed by atoms with Gasteiger partial charge in [-0.2, -0.15) is 26.3 Å². The normalized spacial score (nSPS) is 15.3. The quantitative estimate of drug-likeness (QED) is 0.263. The lowest BCUT2D eigenvalue weighted by Crippen LogP contribution is -2.33. The molecule has 3 N–H and O–H groups in total. The SMILES string of the molecule is O=C(Nc1cc(C(F)(F)F)cc(C(F)(F)F)c1)NC(c1ccc(C(=O)O)cc1)c1ccc(C2CCCCC2)cc1. The Labute approximate surface area is 226 Å². The number of carbonyl (C=O) groups excluding carboxylic acids is 1. The van der Waals surface area contributed by atoms with E-state index in [-0.39, 0.29) is 11.6 Å². The number of aromatic carboxylic acids is 1. The summed E-state index contributed by atoms with van der Waals surface area (Å²) in [5, 5.41) is 13.9. The molecule has 1 atom stereocenters. The summed E-state index contributed by atoms with van der Waals surface area (Å²) < 4.78 is 79.5. The van der Waals surface area contributed by atoms with Gasteiger partial charge in [0.25, 0.3) is 0 Å². The molecule has 0 bridgehead atoms. The Bertz CT molecular complexity index is 1310. The Morgan fingerprint density at radius 1 is 0.750 bits per heavy atom. The second-order valence-corrected chi connectivity index (χ2v) is 9.75. The van der Waals surface area contributed by atoms with Crippen molar-refractivity contribution in [2.75, 3.05) is 5.32 Å². The molecule has 2 amide bonds. The molecule has 1 saturated carbocycles. The number of amides is 2. The molecule has 4 rings (SSSR count). The number of halogens is 6. The third-order valence-electron chi connectivity index (χ3n) is 6.96. The molecule has 40 heavy (non-hydrogen) atoms. The van der Waals surface area contributed by atoms with Gasteiger partial charge in [-0.15, -0.1) is 0 Å². The third kappa shape index (κ3) is 7.13. The van der Waals surface area contributed by atoms with Gasteiger partial charge in [0.2, 0.25) is 0 Å². The highest BCUT2D eigenvalue weighted by Crippen LogP contribution is 2.38. The van der Waals surface area contributed by atoms with Crippen LogP contribution in [0, 0.1) is 0 Å². The monoisotopic (exact) mass is 564 g/mol. The van der Waals surface area contributed by atoms with Gasteiger partial charge < -0.3 is 15.7 Å². The van der Waals surface area contributed by atoms with Crippen LogP contribution in [0.1, 0.15) is 82.2 Å². The van der Waals surface area contributed by atoms with E-state index in [1.54, 1.807) is 12.1 Å². The van der Waals surface area contributed by atoms with Crippen molar-refractivity contribution in [3.05, 3.63) is 100 Å². The summed E-state index contributed by atoms with van der Waals surface area (Å²) in [6, 6.07) is 12.0. The number of nitrogens with one attached hydrogen (secondary N) is 2. The van der Waals surface area contributed by atoms with E-state index in [0.29, 0.717) is 29.2 Å². The van der Waals surface area contributed by atoms with Gasteiger partial charge in [0, 0.05) is 5.69 Å². The lowest BCUT2D eigenvalue weighted by molar-refractivity contribution is -0.143. The molecule has 0 heterocycles. The fourth-order valence-corrected chi connectivity index (χ4v) is 4.90. The first-order valence-corrected chi connectivity index (χ1v) is 12.6. The van der Waals surface area contributed by atoms with Gasteiger partial charge in [-0.1, -0.05) is 55.7 Å².